The Morgan fingerprint density at radius 2 is 2.22 bits per heavy atom. The van der Waals surface area contributed by atoms with Crippen LogP contribution in [0.4, 0.5) is 0 Å². The summed E-state index contributed by atoms with van der Waals surface area (Å²) in [6.07, 6.45) is 3.72. The van der Waals surface area contributed by atoms with Gasteiger partial charge in [-0.25, -0.2) is 0 Å². The van der Waals surface area contributed by atoms with Crippen LogP contribution in [0.15, 0.2) is 12.4 Å². The number of nitrogens with one attached hydrogen (secondary N) is 1. The van der Waals surface area contributed by atoms with E-state index in [1.165, 1.54) is 12.4 Å². The summed E-state index contributed by atoms with van der Waals surface area (Å²) < 4.78 is 1.58. The molecule has 0 aliphatic heterocycles. The first kappa shape index (κ1) is 14.4. The molecule has 0 fully saturated rings. The molecule has 0 saturated heterocycles. The van der Waals surface area contributed by atoms with Gasteiger partial charge in [0.15, 0.2) is 0 Å². The molecule has 1 aromatic rings. The smallest absolute Gasteiger partial charge is 0.292 e. The van der Waals surface area contributed by atoms with Gasteiger partial charge < -0.3 is 10.4 Å². The lowest BCUT2D eigenvalue weighted by Gasteiger charge is -2.09. The number of amides is 1. The normalized spacial score (nSPS) is 12.2. The minimum atomic E-state index is -0.708. The minimum absolute atomic E-state index is 0.0975. The fourth-order valence-corrected chi connectivity index (χ4v) is 1.51. The van der Waals surface area contributed by atoms with Crippen molar-refractivity contribution in [2.45, 2.75) is 39.3 Å². The summed E-state index contributed by atoms with van der Waals surface area (Å²) in [5.41, 5.74) is 0.263. The van der Waals surface area contributed by atoms with Crippen LogP contribution in [0.5, 0.6) is 0 Å². The van der Waals surface area contributed by atoms with Crippen molar-refractivity contribution >= 4 is 11.7 Å². The first-order valence-corrected chi connectivity index (χ1v) is 6.11. The summed E-state index contributed by atoms with van der Waals surface area (Å²) >= 11 is 0. The lowest BCUT2D eigenvalue weighted by atomic mass is 10.2. The van der Waals surface area contributed by atoms with E-state index in [0.29, 0.717) is 13.0 Å². The Morgan fingerprint density at radius 3 is 2.78 bits per heavy atom. The van der Waals surface area contributed by atoms with Gasteiger partial charge in [-0.1, -0.05) is 13.3 Å². The molecule has 0 aliphatic carbocycles. The van der Waals surface area contributed by atoms with Crippen LogP contribution >= 0.6 is 0 Å². The van der Waals surface area contributed by atoms with E-state index in [-0.39, 0.29) is 12.1 Å². The number of aliphatic hydroxyl groups excluding tert-OH is 1. The SMILES string of the molecule is CCCC(O)CNC(=O)C(=O)c1cnn(CC)c1. The second-order valence-electron chi connectivity index (χ2n) is 4.07. The van der Waals surface area contributed by atoms with Crippen LogP contribution in [0.2, 0.25) is 0 Å². The topological polar surface area (TPSA) is 84.2 Å². The number of Topliss-reactive ketones (excluding diaryl/α,β-unsaturated/α-hetero) is 1. The van der Waals surface area contributed by atoms with E-state index in [1.54, 1.807) is 4.68 Å². The van der Waals surface area contributed by atoms with Crippen molar-refractivity contribution in [1.29, 1.82) is 0 Å². The van der Waals surface area contributed by atoms with Gasteiger partial charge in [-0.05, 0) is 13.3 Å². The summed E-state index contributed by atoms with van der Waals surface area (Å²) in [5, 5.41) is 15.8. The Bertz CT molecular complexity index is 414. The molecule has 1 amide bonds. The zero-order valence-corrected chi connectivity index (χ0v) is 10.7. The van der Waals surface area contributed by atoms with Crippen LogP contribution in [-0.2, 0) is 11.3 Å². The molecule has 1 unspecified atom stereocenters. The molecule has 1 rings (SSSR count). The molecule has 6 nitrogen and oxygen atoms in total. The van der Waals surface area contributed by atoms with E-state index < -0.39 is 17.8 Å². The first-order valence-electron chi connectivity index (χ1n) is 6.11. The quantitative estimate of drug-likeness (QED) is 0.543. The largest absolute Gasteiger partial charge is 0.391 e. The predicted molar refractivity (Wildman–Crippen MR) is 66.2 cm³/mol. The van der Waals surface area contributed by atoms with Crippen molar-refractivity contribution in [1.82, 2.24) is 15.1 Å². The fourth-order valence-electron chi connectivity index (χ4n) is 1.51. The van der Waals surface area contributed by atoms with Gasteiger partial charge in [0.2, 0.25) is 0 Å². The number of hydrogen-bond donors (Lipinski definition) is 2. The van der Waals surface area contributed by atoms with E-state index in [1.807, 2.05) is 13.8 Å². The Balaban J connectivity index is 2.48. The molecule has 0 radical (unpaired) electrons. The second-order valence-corrected chi connectivity index (χ2v) is 4.07. The summed E-state index contributed by atoms with van der Waals surface area (Å²) in [6.45, 7) is 4.57. The zero-order chi connectivity index (χ0) is 13.5. The molecule has 100 valence electrons. The zero-order valence-electron chi connectivity index (χ0n) is 10.7. The Labute approximate surface area is 106 Å². The van der Waals surface area contributed by atoms with E-state index in [9.17, 15) is 14.7 Å². The van der Waals surface area contributed by atoms with Gasteiger partial charge in [0.1, 0.15) is 0 Å². The van der Waals surface area contributed by atoms with Gasteiger partial charge in [0.05, 0.1) is 17.9 Å². The Kier molecular flexibility index (Phi) is 5.51. The molecule has 0 aliphatic rings. The van der Waals surface area contributed by atoms with Crippen molar-refractivity contribution in [3.63, 3.8) is 0 Å². The molecular weight excluding hydrogens is 234 g/mol. The molecule has 0 spiro atoms. The average molecular weight is 253 g/mol. The molecule has 18 heavy (non-hydrogen) atoms. The molecule has 0 saturated carbocycles. The van der Waals surface area contributed by atoms with Gasteiger partial charge in [-0.3, -0.25) is 14.3 Å². The van der Waals surface area contributed by atoms with Crippen molar-refractivity contribution in [3.8, 4) is 0 Å². The third-order valence-electron chi connectivity index (χ3n) is 2.55. The van der Waals surface area contributed by atoms with E-state index >= 15 is 0 Å². The first-order chi connectivity index (χ1) is 8.58. The molecule has 2 N–H and O–H groups in total. The van der Waals surface area contributed by atoms with Crippen LogP contribution in [0.1, 0.15) is 37.0 Å². The molecule has 1 aromatic heterocycles. The number of ketones is 1. The summed E-state index contributed by atoms with van der Waals surface area (Å²) in [5.74, 6) is -1.33. The molecule has 1 atom stereocenters. The van der Waals surface area contributed by atoms with Gasteiger partial charge in [0.25, 0.3) is 11.7 Å². The minimum Gasteiger partial charge on any atom is -0.391 e. The third kappa shape index (κ3) is 3.96. The number of aliphatic hydroxyl groups is 1. The van der Waals surface area contributed by atoms with Crippen molar-refractivity contribution in [3.05, 3.63) is 18.0 Å². The number of hydrogen-bond acceptors (Lipinski definition) is 4. The lowest BCUT2D eigenvalue weighted by molar-refractivity contribution is -0.117. The number of rotatable bonds is 7. The van der Waals surface area contributed by atoms with Crippen molar-refractivity contribution in [2.24, 2.45) is 0 Å². The van der Waals surface area contributed by atoms with Crippen LogP contribution < -0.4 is 5.32 Å². The number of nitrogens with zero attached hydrogens (tertiary/aromatic N) is 2. The molecular formula is C12H19N3O3. The van der Waals surface area contributed by atoms with Crippen LogP contribution in [-0.4, -0.2) is 39.2 Å². The highest BCUT2D eigenvalue weighted by molar-refractivity contribution is 6.42. The summed E-state index contributed by atoms with van der Waals surface area (Å²) in [6, 6.07) is 0. The summed E-state index contributed by atoms with van der Waals surface area (Å²) in [4.78, 5) is 23.2. The number of carbonyl (C=O) groups excluding carboxylic acids is 2. The van der Waals surface area contributed by atoms with Crippen LogP contribution in [0.3, 0.4) is 0 Å². The molecule has 6 heteroatoms. The maximum atomic E-state index is 11.7. The highest BCUT2D eigenvalue weighted by atomic mass is 16.3. The molecule has 1 heterocycles. The average Bonchev–Trinajstić information content (AvgIpc) is 2.84. The van der Waals surface area contributed by atoms with Gasteiger partial charge >= 0.3 is 0 Å². The predicted octanol–water partition coefficient (Wildman–Crippen LogP) is 0.363. The molecule has 0 bridgehead atoms. The third-order valence-corrected chi connectivity index (χ3v) is 2.55. The maximum absolute atomic E-state index is 11.7. The second kappa shape index (κ2) is 6.90. The Hall–Kier alpha value is -1.69. The van der Waals surface area contributed by atoms with E-state index in [0.717, 1.165) is 6.42 Å². The number of aromatic nitrogens is 2. The summed E-state index contributed by atoms with van der Waals surface area (Å²) in [7, 11) is 0. The van der Waals surface area contributed by atoms with Gasteiger partial charge in [-0.2, -0.15) is 5.10 Å². The fraction of sp³-hybridized carbons (Fsp3) is 0.583. The number of aryl methyl sites for hydroxylation is 1. The number of carbonyl (C=O) groups is 2. The lowest BCUT2D eigenvalue weighted by Crippen LogP contribution is -2.36. The van der Waals surface area contributed by atoms with Crippen LogP contribution in [0.25, 0.3) is 0 Å². The van der Waals surface area contributed by atoms with Crippen molar-refractivity contribution in [2.75, 3.05) is 6.54 Å². The van der Waals surface area contributed by atoms with E-state index in [4.69, 9.17) is 0 Å². The van der Waals surface area contributed by atoms with Crippen molar-refractivity contribution < 1.29 is 14.7 Å². The maximum Gasteiger partial charge on any atom is 0.292 e. The highest BCUT2D eigenvalue weighted by Gasteiger charge is 2.18. The van der Waals surface area contributed by atoms with Gasteiger partial charge in [0, 0.05) is 19.3 Å². The highest BCUT2D eigenvalue weighted by Crippen LogP contribution is 2.00. The van der Waals surface area contributed by atoms with Gasteiger partial charge in [-0.15, -0.1) is 0 Å². The standard InChI is InChI=1S/C12H19N3O3/c1-3-5-10(16)7-13-12(18)11(17)9-6-14-15(4-2)8-9/h6,8,10,16H,3-5,7H2,1-2H3,(H,13,18). The van der Waals surface area contributed by atoms with E-state index in [2.05, 4.69) is 10.4 Å². The molecule has 0 aromatic carbocycles. The monoisotopic (exact) mass is 253 g/mol. The Morgan fingerprint density at radius 1 is 1.50 bits per heavy atom. The van der Waals surface area contributed by atoms with Crippen LogP contribution in [0, 0.1) is 0 Å².